The SMILES string of the molecule is NCc1ccc(OC(=O)Cl)cc1. The summed E-state index contributed by atoms with van der Waals surface area (Å²) < 4.78 is 4.60. The number of benzene rings is 1. The van der Waals surface area contributed by atoms with E-state index in [1.165, 1.54) is 0 Å². The monoisotopic (exact) mass is 185 g/mol. The van der Waals surface area contributed by atoms with E-state index in [-0.39, 0.29) is 0 Å². The number of hydrogen-bond acceptors (Lipinski definition) is 3. The third-order valence-electron chi connectivity index (χ3n) is 1.36. The molecule has 0 saturated carbocycles. The maximum Gasteiger partial charge on any atom is 0.409 e. The van der Waals surface area contributed by atoms with E-state index in [9.17, 15) is 4.79 Å². The first-order valence-corrected chi connectivity index (χ1v) is 3.76. The fourth-order valence-corrected chi connectivity index (χ4v) is 0.875. The van der Waals surface area contributed by atoms with Crippen LogP contribution in [0.3, 0.4) is 0 Å². The molecule has 0 aliphatic rings. The Bertz CT molecular complexity index is 271. The predicted molar refractivity (Wildman–Crippen MR) is 46.2 cm³/mol. The molecule has 0 bridgehead atoms. The van der Waals surface area contributed by atoms with Gasteiger partial charge in [0.1, 0.15) is 5.75 Å². The highest BCUT2D eigenvalue weighted by Crippen LogP contribution is 2.12. The average Bonchev–Trinajstić information content (AvgIpc) is 2.05. The van der Waals surface area contributed by atoms with Crippen LogP contribution >= 0.6 is 11.6 Å². The maximum atomic E-state index is 10.3. The lowest BCUT2D eigenvalue weighted by Crippen LogP contribution is -1.98. The van der Waals surface area contributed by atoms with Gasteiger partial charge in [0.05, 0.1) is 0 Å². The molecule has 0 radical (unpaired) electrons. The van der Waals surface area contributed by atoms with Crippen LogP contribution in [0.4, 0.5) is 4.79 Å². The summed E-state index contributed by atoms with van der Waals surface area (Å²) in [4.78, 5) is 10.3. The molecule has 0 aromatic heterocycles. The highest BCUT2D eigenvalue weighted by Gasteiger charge is 1.98. The van der Waals surface area contributed by atoms with Crippen molar-refractivity contribution in [3.05, 3.63) is 29.8 Å². The molecular weight excluding hydrogens is 178 g/mol. The molecule has 0 amide bonds. The molecule has 0 heterocycles. The van der Waals surface area contributed by atoms with Crippen molar-refractivity contribution < 1.29 is 9.53 Å². The Morgan fingerprint density at radius 3 is 2.42 bits per heavy atom. The highest BCUT2D eigenvalue weighted by molar-refractivity contribution is 6.61. The van der Waals surface area contributed by atoms with Crippen LogP contribution in [0.5, 0.6) is 5.75 Å². The Kier molecular flexibility index (Phi) is 3.08. The van der Waals surface area contributed by atoms with Crippen LogP contribution in [0.15, 0.2) is 24.3 Å². The first kappa shape index (κ1) is 9.03. The van der Waals surface area contributed by atoms with Gasteiger partial charge >= 0.3 is 5.43 Å². The second-order valence-electron chi connectivity index (χ2n) is 2.19. The number of rotatable bonds is 2. The molecule has 3 nitrogen and oxygen atoms in total. The van der Waals surface area contributed by atoms with Crippen molar-refractivity contribution in [2.24, 2.45) is 5.73 Å². The molecule has 0 unspecified atom stereocenters. The number of hydrogen-bond donors (Lipinski definition) is 1. The van der Waals surface area contributed by atoms with Gasteiger partial charge in [0, 0.05) is 18.1 Å². The van der Waals surface area contributed by atoms with E-state index >= 15 is 0 Å². The molecular formula is C8H8ClNO2. The van der Waals surface area contributed by atoms with E-state index in [1.807, 2.05) is 0 Å². The normalized spacial score (nSPS) is 9.50. The summed E-state index contributed by atoms with van der Waals surface area (Å²) in [5.74, 6) is 0.423. The van der Waals surface area contributed by atoms with Crippen LogP contribution in [0.1, 0.15) is 5.56 Å². The second kappa shape index (κ2) is 4.09. The van der Waals surface area contributed by atoms with Crippen LogP contribution in [0, 0.1) is 0 Å². The third kappa shape index (κ3) is 2.53. The van der Waals surface area contributed by atoms with Gasteiger partial charge in [-0.25, -0.2) is 4.79 Å². The second-order valence-corrected chi connectivity index (χ2v) is 2.50. The van der Waals surface area contributed by atoms with Crippen molar-refractivity contribution in [1.29, 1.82) is 0 Å². The minimum Gasteiger partial charge on any atom is -0.415 e. The maximum absolute atomic E-state index is 10.3. The number of halogens is 1. The molecule has 1 aromatic carbocycles. The first-order valence-electron chi connectivity index (χ1n) is 3.38. The van der Waals surface area contributed by atoms with Gasteiger partial charge in [-0.2, -0.15) is 0 Å². The van der Waals surface area contributed by atoms with Gasteiger partial charge in [-0.3, -0.25) is 0 Å². The Labute approximate surface area is 75.1 Å². The molecule has 0 saturated heterocycles. The molecule has 2 N–H and O–H groups in total. The Morgan fingerprint density at radius 1 is 1.42 bits per heavy atom. The third-order valence-corrected chi connectivity index (χ3v) is 1.43. The molecule has 0 aliphatic carbocycles. The highest BCUT2D eigenvalue weighted by atomic mass is 35.5. The predicted octanol–water partition coefficient (Wildman–Crippen LogP) is 1.88. The average molecular weight is 186 g/mol. The van der Waals surface area contributed by atoms with E-state index in [0.29, 0.717) is 12.3 Å². The molecule has 0 aliphatic heterocycles. The van der Waals surface area contributed by atoms with Crippen LogP contribution < -0.4 is 10.5 Å². The van der Waals surface area contributed by atoms with E-state index in [4.69, 9.17) is 17.3 Å². The summed E-state index contributed by atoms with van der Waals surface area (Å²) in [7, 11) is 0. The molecule has 4 heteroatoms. The zero-order valence-corrected chi connectivity index (χ0v) is 7.04. The zero-order valence-electron chi connectivity index (χ0n) is 6.29. The standard InChI is InChI=1S/C8H8ClNO2/c9-8(11)12-7-3-1-6(5-10)2-4-7/h1-4H,5,10H2. The minimum absolute atomic E-state index is 0.423. The van der Waals surface area contributed by atoms with Gasteiger partial charge in [0.2, 0.25) is 0 Å². The lowest BCUT2D eigenvalue weighted by Gasteiger charge is -2.00. The van der Waals surface area contributed by atoms with Crippen molar-refractivity contribution in [2.45, 2.75) is 6.54 Å². The fraction of sp³-hybridized carbons (Fsp3) is 0.125. The molecule has 64 valence electrons. The van der Waals surface area contributed by atoms with Crippen LogP contribution in [-0.2, 0) is 6.54 Å². The van der Waals surface area contributed by atoms with E-state index < -0.39 is 5.43 Å². The van der Waals surface area contributed by atoms with Crippen molar-refractivity contribution in [1.82, 2.24) is 0 Å². The quantitative estimate of drug-likeness (QED) is 0.716. The van der Waals surface area contributed by atoms with E-state index in [0.717, 1.165) is 5.56 Å². The summed E-state index contributed by atoms with van der Waals surface area (Å²) in [5, 5.41) is 0. The van der Waals surface area contributed by atoms with Gasteiger partial charge in [-0.15, -0.1) is 0 Å². The van der Waals surface area contributed by atoms with Crippen molar-refractivity contribution in [2.75, 3.05) is 0 Å². The van der Waals surface area contributed by atoms with Gasteiger partial charge in [0.15, 0.2) is 0 Å². The summed E-state index contributed by atoms with van der Waals surface area (Å²) in [6, 6.07) is 6.83. The van der Waals surface area contributed by atoms with Crippen LogP contribution in [-0.4, -0.2) is 5.43 Å². The summed E-state index contributed by atoms with van der Waals surface area (Å²) in [6.07, 6.45) is 0. The lowest BCUT2D eigenvalue weighted by atomic mass is 10.2. The van der Waals surface area contributed by atoms with E-state index in [2.05, 4.69) is 4.74 Å². The molecule has 12 heavy (non-hydrogen) atoms. The molecule has 1 aromatic rings. The number of nitrogens with two attached hydrogens (primary N) is 1. The molecule has 0 spiro atoms. The minimum atomic E-state index is -0.838. The zero-order chi connectivity index (χ0) is 8.97. The Balaban J connectivity index is 2.71. The van der Waals surface area contributed by atoms with E-state index in [1.54, 1.807) is 24.3 Å². The number of carbonyl (C=O) groups is 1. The summed E-state index contributed by atoms with van der Waals surface area (Å²) in [5.41, 5.74) is 5.51. The molecule has 0 atom stereocenters. The smallest absolute Gasteiger partial charge is 0.409 e. The first-order chi connectivity index (χ1) is 5.72. The van der Waals surface area contributed by atoms with Gasteiger partial charge in [-0.1, -0.05) is 12.1 Å². The van der Waals surface area contributed by atoms with Gasteiger partial charge in [-0.05, 0) is 17.7 Å². The number of carbonyl (C=O) groups excluding carboxylic acids is 1. The van der Waals surface area contributed by atoms with Crippen molar-refractivity contribution in [3.63, 3.8) is 0 Å². The number of ether oxygens (including phenoxy) is 1. The summed E-state index contributed by atoms with van der Waals surface area (Å²) in [6.45, 7) is 0.467. The molecule has 0 fully saturated rings. The molecule has 1 rings (SSSR count). The lowest BCUT2D eigenvalue weighted by molar-refractivity contribution is 0.225. The Hall–Kier alpha value is -1.06. The van der Waals surface area contributed by atoms with Gasteiger partial charge in [0.25, 0.3) is 0 Å². The van der Waals surface area contributed by atoms with Crippen LogP contribution in [0.25, 0.3) is 0 Å². The van der Waals surface area contributed by atoms with Crippen molar-refractivity contribution in [3.8, 4) is 5.75 Å². The summed E-state index contributed by atoms with van der Waals surface area (Å²) >= 11 is 5.00. The fourth-order valence-electron chi connectivity index (χ4n) is 0.786. The van der Waals surface area contributed by atoms with Crippen molar-refractivity contribution >= 4 is 17.0 Å². The largest absolute Gasteiger partial charge is 0.415 e. The Morgan fingerprint density at radius 2 is 2.00 bits per heavy atom. The van der Waals surface area contributed by atoms with Crippen LogP contribution in [0.2, 0.25) is 0 Å². The van der Waals surface area contributed by atoms with Gasteiger partial charge < -0.3 is 10.5 Å². The topological polar surface area (TPSA) is 52.3 Å².